The fourth-order valence-corrected chi connectivity index (χ4v) is 12.1. The van der Waals surface area contributed by atoms with E-state index in [1.54, 1.807) is 0 Å². The number of benzene rings is 8. The van der Waals surface area contributed by atoms with Gasteiger partial charge in [-0.15, -0.1) is 0 Å². The van der Waals surface area contributed by atoms with Gasteiger partial charge in [-0.2, -0.15) is 0 Å². The van der Waals surface area contributed by atoms with Crippen LogP contribution in [0.1, 0.15) is 47.2 Å². The van der Waals surface area contributed by atoms with E-state index < -0.39 is 5.41 Å². The highest BCUT2D eigenvalue weighted by Crippen LogP contribution is 2.61. The highest BCUT2D eigenvalue weighted by molar-refractivity contribution is 6.90. The number of rotatable bonds is 2. The zero-order valence-electron chi connectivity index (χ0n) is 32.1. The lowest BCUT2D eigenvalue weighted by Gasteiger charge is -2.50. The number of fused-ring (bicyclic) bond motifs is 15. The van der Waals surface area contributed by atoms with Crippen molar-refractivity contribution in [2.45, 2.75) is 24.7 Å². The Morgan fingerprint density at radius 3 is 1.98 bits per heavy atom. The molecule has 8 aromatic carbocycles. The molecule has 270 valence electrons. The second kappa shape index (κ2) is 10.5. The molecule has 0 unspecified atom stereocenters. The van der Waals surface area contributed by atoms with Crippen LogP contribution in [0.5, 0.6) is 0 Å². The van der Waals surface area contributed by atoms with E-state index in [-0.39, 0.29) is 12.3 Å². The summed E-state index contributed by atoms with van der Waals surface area (Å²) in [6, 6.07) is 65.8. The SMILES string of the molecule is CC1(C)c2ccccc2-c2c1c1cccc3c1n2B1c2cccc4c2N(c2ccccc2C4(c2ccccc2)c2ccccc2)c2cc4c(oc5ccccc54)c-3c21. The van der Waals surface area contributed by atoms with E-state index in [1.807, 2.05) is 0 Å². The van der Waals surface area contributed by atoms with Crippen LogP contribution in [0.3, 0.4) is 0 Å². The van der Waals surface area contributed by atoms with E-state index in [0.29, 0.717) is 0 Å². The summed E-state index contributed by atoms with van der Waals surface area (Å²) in [7, 11) is 0. The zero-order valence-corrected chi connectivity index (χ0v) is 32.1. The molecule has 14 rings (SSSR count). The predicted octanol–water partition coefficient (Wildman–Crippen LogP) is 12.0. The van der Waals surface area contributed by atoms with E-state index in [4.69, 9.17) is 4.42 Å². The second-order valence-electron chi connectivity index (χ2n) is 17.1. The van der Waals surface area contributed by atoms with Crippen LogP contribution in [-0.4, -0.2) is 11.3 Å². The fraction of sp³-hybridized carbons (Fsp3) is 0.0741. The van der Waals surface area contributed by atoms with Gasteiger partial charge in [0.1, 0.15) is 11.2 Å². The summed E-state index contributed by atoms with van der Waals surface area (Å²) in [6.45, 7) is 4.73. The van der Waals surface area contributed by atoms with Crippen molar-refractivity contribution < 1.29 is 4.42 Å². The van der Waals surface area contributed by atoms with E-state index in [0.717, 1.165) is 21.9 Å². The molecule has 0 spiro atoms. The van der Waals surface area contributed by atoms with E-state index in [2.05, 4.69) is 199 Å². The van der Waals surface area contributed by atoms with Gasteiger partial charge in [-0.05, 0) is 62.5 Å². The van der Waals surface area contributed by atoms with Crippen LogP contribution in [0.4, 0.5) is 17.1 Å². The number of anilines is 3. The molecule has 4 aliphatic rings. The monoisotopic (exact) mass is 738 g/mol. The van der Waals surface area contributed by atoms with Crippen LogP contribution in [0.2, 0.25) is 0 Å². The molecule has 0 atom stereocenters. The summed E-state index contributed by atoms with van der Waals surface area (Å²) >= 11 is 0. The van der Waals surface area contributed by atoms with Crippen molar-refractivity contribution >= 4 is 67.7 Å². The minimum atomic E-state index is -0.567. The lowest BCUT2D eigenvalue weighted by atomic mass is 9.43. The predicted molar refractivity (Wildman–Crippen MR) is 239 cm³/mol. The number of furan rings is 1. The average Bonchev–Trinajstić information content (AvgIpc) is 3.90. The largest absolute Gasteiger partial charge is 0.455 e. The summed E-state index contributed by atoms with van der Waals surface area (Å²) in [5, 5.41) is 3.63. The number of hydrogen-bond acceptors (Lipinski definition) is 2. The van der Waals surface area contributed by atoms with Crippen molar-refractivity contribution in [3.8, 4) is 22.4 Å². The van der Waals surface area contributed by atoms with Gasteiger partial charge in [-0.3, -0.25) is 0 Å². The third kappa shape index (κ3) is 3.40. The Morgan fingerprint density at radius 2 is 1.17 bits per heavy atom. The quantitative estimate of drug-likeness (QED) is 0.165. The highest BCUT2D eigenvalue weighted by Gasteiger charge is 2.54. The molecule has 58 heavy (non-hydrogen) atoms. The van der Waals surface area contributed by atoms with Gasteiger partial charge in [-0.1, -0.05) is 172 Å². The van der Waals surface area contributed by atoms with Gasteiger partial charge in [0.2, 0.25) is 0 Å². The van der Waals surface area contributed by atoms with Crippen LogP contribution in [0.15, 0.2) is 180 Å². The van der Waals surface area contributed by atoms with Crippen LogP contribution >= 0.6 is 0 Å². The van der Waals surface area contributed by atoms with Crippen LogP contribution < -0.4 is 15.8 Å². The normalized spacial score (nSPS) is 15.6. The van der Waals surface area contributed by atoms with Crippen molar-refractivity contribution in [2.24, 2.45) is 0 Å². The minimum Gasteiger partial charge on any atom is -0.455 e. The maximum absolute atomic E-state index is 7.03. The van der Waals surface area contributed by atoms with Gasteiger partial charge < -0.3 is 13.8 Å². The Labute approximate surface area is 336 Å². The maximum atomic E-state index is 7.03. The van der Waals surface area contributed by atoms with Gasteiger partial charge in [0, 0.05) is 60.8 Å². The number of aromatic nitrogens is 1. The molecule has 1 aliphatic carbocycles. The Balaban J connectivity index is 1.22. The number of nitrogens with zero attached hydrogens (tertiary/aromatic N) is 2. The summed E-state index contributed by atoms with van der Waals surface area (Å²) in [6.07, 6.45) is 0. The average molecular weight is 739 g/mol. The lowest BCUT2D eigenvalue weighted by Crippen LogP contribution is -2.58. The molecule has 3 aliphatic heterocycles. The first-order valence-corrected chi connectivity index (χ1v) is 20.5. The molecular weight excluding hydrogens is 703 g/mol. The molecule has 0 bridgehead atoms. The Hall–Kier alpha value is -7.04. The smallest absolute Gasteiger partial charge is 0.333 e. The molecule has 0 saturated heterocycles. The third-order valence-electron chi connectivity index (χ3n) is 14.2. The Kier molecular flexibility index (Phi) is 5.61. The van der Waals surface area contributed by atoms with Crippen molar-refractivity contribution in [1.82, 2.24) is 4.48 Å². The molecule has 5 heterocycles. The number of hydrogen-bond donors (Lipinski definition) is 0. The van der Waals surface area contributed by atoms with Crippen LogP contribution in [-0.2, 0) is 10.8 Å². The second-order valence-corrected chi connectivity index (χ2v) is 17.1. The summed E-state index contributed by atoms with van der Waals surface area (Å²) < 4.78 is 9.77. The molecule has 0 amide bonds. The fourth-order valence-electron chi connectivity index (χ4n) is 12.1. The number of para-hydroxylation sites is 4. The topological polar surface area (TPSA) is 21.3 Å². The van der Waals surface area contributed by atoms with Gasteiger partial charge >= 0.3 is 6.85 Å². The summed E-state index contributed by atoms with van der Waals surface area (Å²) in [5.41, 5.74) is 21.8. The van der Waals surface area contributed by atoms with Gasteiger partial charge in [0.25, 0.3) is 0 Å². The highest BCUT2D eigenvalue weighted by atomic mass is 16.3. The standard InChI is InChI=1S/C54H35BN2O/c1-53(2)39-25-11-9-22-35(39)50-47(53)37-24-15-23-36-46-48-44(31-38-34-21-10-14-30-45(34)58-52(38)46)56-43-29-13-12-26-40(43)54(32-17-5-3-6-18-32,33-19-7-4-8-20-33)41-27-16-28-42(51(41)56)55(48)57(50)49(36)37/h3-31H,1-2H3. The van der Waals surface area contributed by atoms with Gasteiger partial charge in [0.05, 0.1) is 11.1 Å². The first kappa shape index (κ1) is 31.1. The molecule has 2 aromatic heterocycles. The zero-order chi connectivity index (χ0) is 38.1. The third-order valence-corrected chi connectivity index (χ3v) is 14.2. The molecule has 3 nitrogen and oxygen atoms in total. The molecule has 10 aromatic rings. The lowest BCUT2D eigenvalue weighted by molar-refractivity contribution is 0.666. The van der Waals surface area contributed by atoms with E-state index >= 15 is 0 Å². The maximum Gasteiger partial charge on any atom is 0.333 e. The first-order valence-electron chi connectivity index (χ1n) is 20.5. The van der Waals surface area contributed by atoms with E-state index in [9.17, 15) is 0 Å². The molecule has 0 radical (unpaired) electrons. The van der Waals surface area contributed by atoms with E-state index in [1.165, 1.54) is 94.7 Å². The summed E-state index contributed by atoms with van der Waals surface area (Å²) in [4.78, 5) is 2.62. The Morgan fingerprint density at radius 1 is 0.534 bits per heavy atom. The van der Waals surface area contributed by atoms with Crippen molar-refractivity contribution in [3.05, 3.63) is 209 Å². The molecule has 0 fully saturated rings. The molecule has 4 heteroatoms. The molecular formula is C54H35BN2O. The van der Waals surface area contributed by atoms with Gasteiger partial charge in [0.15, 0.2) is 0 Å². The minimum absolute atomic E-state index is 0.105. The summed E-state index contributed by atoms with van der Waals surface area (Å²) in [5.74, 6) is 0. The van der Waals surface area contributed by atoms with Crippen LogP contribution in [0.25, 0.3) is 55.2 Å². The first-order chi connectivity index (χ1) is 28.6. The van der Waals surface area contributed by atoms with Crippen molar-refractivity contribution in [1.29, 1.82) is 0 Å². The van der Waals surface area contributed by atoms with Gasteiger partial charge in [-0.25, -0.2) is 0 Å². The van der Waals surface area contributed by atoms with Crippen LogP contribution in [0, 0.1) is 0 Å². The molecule has 0 N–H and O–H groups in total. The molecule has 0 saturated carbocycles. The Bertz CT molecular complexity index is 3410. The van der Waals surface area contributed by atoms with Crippen molar-refractivity contribution in [3.63, 3.8) is 0 Å². The van der Waals surface area contributed by atoms with Crippen molar-refractivity contribution in [2.75, 3.05) is 4.90 Å².